The van der Waals surface area contributed by atoms with Crippen LogP contribution in [0.1, 0.15) is 33.3 Å². The molecule has 0 bridgehead atoms. The number of piperazine rings is 1. The van der Waals surface area contributed by atoms with Gasteiger partial charge in [0.05, 0.1) is 21.7 Å². The molecule has 2 aliphatic heterocycles. The maximum absolute atomic E-state index is 13.4. The highest BCUT2D eigenvalue weighted by molar-refractivity contribution is 7.96. The summed E-state index contributed by atoms with van der Waals surface area (Å²) in [6.07, 6.45) is 0. The summed E-state index contributed by atoms with van der Waals surface area (Å²) in [7, 11) is -7.25. The SMILES string of the molecule is CC(=O)N1CCN([C@H]2CS(=O)(=O)C[C@@H]2S(=O)(=O)c2ccc(C(C)(C)C)cc2)CC1. The molecule has 0 unspecified atom stereocenters. The van der Waals surface area contributed by atoms with Crippen LogP contribution in [-0.2, 0) is 29.9 Å². The zero-order chi connectivity index (χ0) is 21.6. The third-order valence-corrected chi connectivity index (χ3v) is 10.1. The van der Waals surface area contributed by atoms with Crippen LogP contribution in [0.25, 0.3) is 0 Å². The standard InChI is InChI=1S/C20H30N2O5S2/c1-15(23)21-9-11-22(12-10-21)18-13-28(24,25)14-19(18)29(26,27)17-7-5-16(6-8-17)20(2,3)4/h5-8,18-19H,9-14H2,1-4H3/t18-,19-/m0/s1. The molecule has 7 nitrogen and oxygen atoms in total. The molecule has 29 heavy (non-hydrogen) atoms. The van der Waals surface area contributed by atoms with E-state index < -0.39 is 31.0 Å². The molecule has 2 atom stereocenters. The van der Waals surface area contributed by atoms with Crippen molar-refractivity contribution in [1.29, 1.82) is 0 Å². The van der Waals surface area contributed by atoms with Crippen molar-refractivity contribution in [3.05, 3.63) is 29.8 Å². The predicted octanol–water partition coefficient (Wildman–Crippen LogP) is 1.09. The number of hydrogen-bond acceptors (Lipinski definition) is 6. The summed E-state index contributed by atoms with van der Waals surface area (Å²) in [5.74, 6) is -0.530. The van der Waals surface area contributed by atoms with Gasteiger partial charge in [0.1, 0.15) is 0 Å². The van der Waals surface area contributed by atoms with E-state index in [-0.39, 0.29) is 27.7 Å². The number of rotatable bonds is 3. The van der Waals surface area contributed by atoms with Crippen LogP contribution in [0.2, 0.25) is 0 Å². The maximum Gasteiger partial charge on any atom is 0.219 e. The Kier molecular flexibility index (Phi) is 5.88. The molecule has 2 saturated heterocycles. The normalized spacial score (nSPS) is 25.9. The molecule has 1 amide bonds. The van der Waals surface area contributed by atoms with Crippen LogP contribution in [-0.4, -0.2) is 81.5 Å². The fourth-order valence-electron chi connectivity index (χ4n) is 4.12. The second kappa shape index (κ2) is 7.67. The lowest BCUT2D eigenvalue weighted by Crippen LogP contribution is -2.55. The summed E-state index contributed by atoms with van der Waals surface area (Å²) in [5.41, 5.74) is 0.921. The van der Waals surface area contributed by atoms with Crippen molar-refractivity contribution >= 4 is 25.6 Å². The van der Waals surface area contributed by atoms with E-state index in [1.54, 1.807) is 29.2 Å². The molecule has 1 aromatic carbocycles. The third-order valence-electron chi connectivity index (χ3n) is 5.95. The molecule has 0 saturated carbocycles. The molecule has 0 aliphatic carbocycles. The number of carbonyl (C=O) groups is 1. The first kappa shape index (κ1) is 22.2. The fourth-order valence-corrected chi connectivity index (χ4v) is 8.95. The summed E-state index contributed by atoms with van der Waals surface area (Å²) in [5, 5.41) is -0.989. The summed E-state index contributed by atoms with van der Waals surface area (Å²) in [6, 6.07) is 6.20. The molecule has 3 rings (SSSR count). The summed E-state index contributed by atoms with van der Waals surface area (Å²) in [6.45, 7) is 9.59. The lowest BCUT2D eigenvalue weighted by Gasteiger charge is -2.39. The minimum atomic E-state index is -3.80. The molecular formula is C20H30N2O5S2. The highest BCUT2D eigenvalue weighted by atomic mass is 32.2. The van der Waals surface area contributed by atoms with Crippen LogP contribution in [0, 0.1) is 0 Å². The molecule has 2 fully saturated rings. The summed E-state index contributed by atoms with van der Waals surface area (Å²) in [4.78, 5) is 15.3. The Balaban J connectivity index is 1.87. The Bertz CT molecular complexity index is 971. The lowest BCUT2D eigenvalue weighted by molar-refractivity contribution is -0.130. The quantitative estimate of drug-likeness (QED) is 0.696. The van der Waals surface area contributed by atoms with E-state index in [0.29, 0.717) is 26.2 Å². The Labute approximate surface area is 173 Å². The second-order valence-corrected chi connectivity index (χ2v) is 13.4. The number of carbonyl (C=O) groups excluding carboxylic acids is 1. The van der Waals surface area contributed by atoms with Gasteiger partial charge in [-0.25, -0.2) is 16.8 Å². The van der Waals surface area contributed by atoms with E-state index in [9.17, 15) is 21.6 Å². The van der Waals surface area contributed by atoms with Gasteiger partial charge in [0.15, 0.2) is 19.7 Å². The Morgan fingerprint density at radius 3 is 2.03 bits per heavy atom. The van der Waals surface area contributed by atoms with Crippen LogP contribution in [0.4, 0.5) is 0 Å². The molecule has 1 aromatic rings. The van der Waals surface area contributed by atoms with Crippen molar-refractivity contribution in [2.75, 3.05) is 37.7 Å². The minimum Gasteiger partial charge on any atom is -0.340 e. The average Bonchev–Trinajstić information content (AvgIpc) is 2.97. The molecule has 2 aliphatic rings. The van der Waals surface area contributed by atoms with Crippen LogP contribution >= 0.6 is 0 Å². The Hall–Kier alpha value is -1.45. The van der Waals surface area contributed by atoms with Crippen molar-refractivity contribution in [3.8, 4) is 0 Å². The Morgan fingerprint density at radius 1 is 1.00 bits per heavy atom. The van der Waals surface area contributed by atoms with E-state index >= 15 is 0 Å². The number of benzene rings is 1. The van der Waals surface area contributed by atoms with E-state index in [1.807, 2.05) is 4.90 Å². The zero-order valence-electron chi connectivity index (χ0n) is 17.5. The molecule has 0 aromatic heterocycles. The van der Waals surface area contributed by atoms with E-state index in [2.05, 4.69) is 20.8 Å². The molecule has 2 heterocycles. The zero-order valence-corrected chi connectivity index (χ0v) is 19.1. The van der Waals surface area contributed by atoms with Gasteiger partial charge in [-0.15, -0.1) is 0 Å². The number of sulfone groups is 2. The van der Waals surface area contributed by atoms with E-state index in [1.165, 1.54) is 6.92 Å². The van der Waals surface area contributed by atoms with Crippen molar-refractivity contribution in [3.63, 3.8) is 0 Å². The van der Waals surface area contributed by atoms with Gasteiger partial charge < -0.3 is 4.90 Å². The van der Waals surface area contributed by atoms with Crippen LogP contribution in [0.5, 0.6) is 0 Å². The second-order valence-electron chi connectivity index (χ2n) is 9.04. The molecule has 162 valence electrons. The van der Waals surface area contributed by atoms with E-state index in [4.69, 9.17) is 0 Å². The fraction of sp³-hybridized carbons (Fsp3) is 0.650. The highest BCUT2D eigenvalue weighted by Gasteiger charge is 2.48. The van der Waals surface area contributed by atoms with Crippen LogP contribution < -0.4 is 0 Å². The third kappa shape index (κ3) is 4.67. The Morgan fingerprint density at radius 2 is 1.55 bits per heavy atom. The highest BCUT2D eigenvalue weighted by Crippen LogP contribution is 2.31. The van der Waals surface area contributed by atoms with Crippen molar-refractivity contribution in [2.45, 2.75) is 49.3 Å². The van der Waals surface area contributed by atoms with Gasteiger partial charge in [0.25, 0.3) is 0 Å². The van der Waals surface area contributed by atoms with Gasteiger partial charge in [0.2, 0.25) is 5.91 Å². The first-order valence-electron chi connectivity index (χ1n) is 9.86. The monoisotopic (exact) mass is 442 g/mol. The van der Waals surface area contributed by atoms with Gasteiger partial charge >= 0.3 is 0 Å². The summed E-state index contributed by atoms with van der Waals surface area (Å²) >= 11 is 0. The van der Waals surface area contributed by atoms with Crippen molar-refractivity contribution < 1.29 is 21.6 Å². The van der Waals surface area contributed by atoms with Crippen LogP contribution in [0.3, 0.4) is 0 Å². The van der Waals surface area contributed by atoms with Gasteiger partial charge in [-0.3, -0.25) is 9.69 Å². The molecule has 0 spiro atoms. The smallest absolute Gasteiger partial charge is 0.219 e. The molecule has 9 heteroatoms. The largest absolute Gasteiger partial charge is 0.340 e. The number of hydrogen-bond donors (Lipinski definition) is 0. The molecule has 0 N–H and O–H groups in total. The minimum absolute atomic E-state index is 0.0215. The molecular weight excluding hydrogens is 412 g/mol. The summed E-state index contributed by atoms with van der Waals surface area (Å²) < 4.78 is 51.5. The van der Waals surface area contributed by atoms with Crippen LogP contribution in [0.15, 0.2) is 29.2 Å². The van der Waals surface area contributed by atoms with Gasteiger partial charge in [0, 0.05) is 39.1 Å². The first-order chi connectivity index (χ1) is 13.3. The molecule has 0 radical (unpaired) electrons. The van der Waals surface area contributed by atoms with Crippen molar-refractivity contribution in [2.24, 2.45) is 0 Å². The number of nitrogens with zero attached hydrogens (tertiary/aromatic N) is 2. The van der Waals surface area contributed by atoms with Gasteiger partial charge in [-0.1, -0.05) is 32.9 Å². The predicted molar refractivity (Wildman–Crippen MR) is 112 cm³/mol. The maximum atomic E-state index is 13.4. The lowest BCUT2D eigenvalue weighted by atomic mass is 9.87. The van der Waals surface area contributed by atoms with Crippen molar-refractivity contribution in [1.82, 2.24) is 9.80 Å². The number of amides is 1. The topological polar surface area (TPSA) is 91.8 Å². The van der Waals surface area contributed by atoms with Gasteiger partial charge in [-0.05, 0) is 23.1 Å². The first-order valence-corrected chi connectivity index (χ1v) is 13.2. The average molecular weight is 443 g/mol. The van der Waals surface area contributed by atoms with E-state index in [0.717, 1.165) is 5.56 Å². The van der Waals surface area contributed by atoms with Gasteiger partial charge in [-0.2, -0.15) is 0 Å².